The highest BCUT2D eigenvalue weighted by Gasteiger charge is 2.34. The molecule has 2 aliphatic rings. The molecular weight excluding hydrogens is 316 g/mol. The molecule has 0 aliphatic carbocycles. The van der Waals surface area contributed by atoms with Crippen LogP contribution in [0.5, 0.6) is 0 Å². The number of ether oxygens (including phenoxy) is 1. The molecular formula is C19H22N4O2. The maximum atomic E-state index is 13.0. The van der Waals surface area contributed by atoms with Crippen molar-refractivity contribution in [2.45, 2.75) is 26.4 Å². The number of nitrogens with zero attached hydrogens (tertiary/aromatic N) is 4. The summed E-state index contributed by atoms with van der Waals surface area (Å²) in [5.74, 6) is 0.885. The van der Waals surface area contributed by atoms with Crippen molar-refractivity contribution in [2.24, 2.45) is 0 Å². The van der Waals surface area contributed by atoms with E-state index in [1.807, 2.05) is 36.9 Å². The number of hydrogen-bond acceptors (Lipinski definition) is 5. The van der Waals surface area contributed by atoms with Gasteiger partial charge in [-0.25, -0.2) is 4.98 Å². The van der Waals surface area contributed by atoms with E-state index in [1.165, 1.54) is 5.56 Å². The molecule has 0 saturated carbocycles. The van der Waals surface area contributed by atoms with E-state index in [4.69, 9.17) is 4.74 Å². The summed E-state index contributed by atoms with van der Waals surface area (Å²) in [6.45, 7) is 6.35. The number of benzene rings is 1. The summed E-state index contributed by atoms with van der Waals surface area (Å²) in [5, 5.41) is 0. The van der Waals surface area contributed by atoms with E-state index in [2.05, 4.69) is 20.9 Å². The van der Waals surface area contributed by atoms with Crippen LogP contribution in [0.4, 0.5) is 11.5 Å². The molecule has 1 unspecified atom stereocenters. The van der Waals surface area contributed by atoms with Crippen LogP contribution in [0.2, 0.25) is 0 Å². The van der Waals surface area contributed by atoms with E-state index in [-0.39, 0.29) is 5.91 Å². The van der Waals surface area contributed by atoms with Gasteiger partial charge in [-0.05, 0) is 31.9 Å². The molecule has 6 nitrogen and oxygen atoms in total. The average Bonchev–Trinajstić information content (AvgIpc) is 3.07. The molecule has 0 spiro atoms. The smallest absolute Gasteiger partial charge is 0.257 e. The minimum atomic E-state index is -0.471. The van der Waals surface area contributed by atoms with Gasteiger partial charge in [0, 0.05) is 25.0 Å². The fraction of sp³-hybridized carbons (Fsp3) is 0.421. The summed E-state index contributed by atoms with van der Waals surface area (Å²) in [7, 11) is 0. The highest BCUT2D eigenvalue weighted by atomic mass is 16.5. The Hall–Kier alpha value is -2.47. The predicted octanol–water partition coefficient (Wildman–Crippen LogP) is 1.89. The summed E-state index contributed by atoms with van der Waals surface area (Å²) in [5.41, 5.74) is 4.00. The van der Waals surface area contributed by atoms with E-state index in [1.54, 1.807) is 6.20 Å². The summed E-state index contributed by atoms with van der Waals surface area (Å²) in [6.07, 6.45) is 2.20. The molecule has 25 heavy (non-hydrogen) atoms. The highest BCUT2D eigenvalue weighted by Crippen LogP contribution is 2.29. The van der Waals surface area contributed by atoms with Gasteiger partial charge >= 0.3 is 0 Å². The molecule has 1 fully saturated rings. The first kappa shape index (κ1) is 16.0. The Morgan fingerprint density at radius 2 is 2.08 bits per heavy atom. The zero-order valence-electron chi connectivity index (χ0n) is 14.6. The lowest BCUT2D eigenvalue weighted by atomic mass is 10.2. The highest BCUT2D eigenvalue weighted by molar-refractivity contribution is 5.98. The third kappa shape index (κ3) is 2.98. The zero-order valence-corrected chi connectivity index (χ0v) is 14.6. The first-order valence-electron chi connectivity index (χ1n) is 8.69. The molecule has 0 bridgehead atoms. The molecule has 2 aromatic rings. The van der Waals surface area contributed by atoms with Crippen molar-refractivity contribution in [1.82, 2.24) is 9.97 Å². The number of amides is 1. The number of para-hydroxylation sites is 1. The van der Waals surface area contributed by atoms with E-state index in [0.29, 0.717) is 13.2 Å². The SMILES string of the molecule is Cc1cnc(C)c(N2CCOC(C(=O)N3CCc4ccccc43)C2)n1. The largest absolute Gasteiger partial charge is 0.365 e. The van der Waals surface area contributed by atoms with Crippen LogP contribution in [0.3, 0.4) is 0 Å². The average molecular weight is 338 g/mol. The van der Waals surface area contributed by atoms with Gasteiger partial charge in [-0.15, -0.1) is 0 Å². The van der Waals surface area contributed by atoms with Gasteiger partial charge in [0.15, 0.2) is 11.9 Å². The lowest BCUT2D eigenvalue weighted by molar-refractivity contribution is -0.130. The second-order valence-corrected chi connectivity index (χ2v) is 6.59. The van der Waals surface area contributed by atoms with Crippen molar-refractivity contribution < 1.29 is 9.53 Å². The Morgan fingerprint density at radius 1 is 1.24 bits per heavy atom. The van der Waals surface area contributed by atoms with Crippen LogP contribution in [0.15, 0.2) is 30.5 Å². The number of carbonyl (C=O) groups excluding carboxylic acids is 1. The number of anilines is 2. The van der Waals surface area contributed by atoms with Crippen LogP contribution in [0.1, 0.15) is 17.0 Å². The van der Waals surface area contributed by atoms with Crippen molar-refractivity contribution in [3.63, 3.8) is 0 Å². The number of aromatic nitrogens is 2. The topological polar surface area (TPSA) is 58.6 Å². The molecule has 2 aliphatic heterocycles. The van der Waals surface area contributed by atoms with Crippen LogP contribution < -0.4 is 9.80 Å². The number of hydrogen-bond donors (Lipinski definition) is 0. The van der Waals surface area contributed by atoms with Gasteiger partial charge in [0.2, 0.25) is 0 Å². The van der Waals surface area contributed by atoms with E-state index < -0.39 is 6.10 Å². The number of aryl methyl sites for hydroxylation is 2. The Kier molecular flexibility index (Phi) is 4.13. The number of fused-ring (bicyclic) bond motifs is 1. The molecule has 0 N–H and O–H groups in total. The van der Waals surface area contributed by atoms with Crippen LogP contribution in [0, 0.1) is 13.8 Å². The van der Waals surface area contributed by atoms with Gasteiger partial charge in [-0.1, -0.05) is 18.2 Å². The number of rotatable bonds is 2. The Bertz CT molecular complexity index is 808. The first-order chi connectivity index (χ1) is 12.1. The van der Waals surface area contributed by atoms with Crippen LogP contribution >= 0.6 is 0 Å². The maximum absolute atomic E-state index is 13.0. The number of carbonyl (C=O) groups is 1. The lowest BCUT2D eigenvalue weighted by Crippen LogP contribution is -2.51. The van der Waals surface area contributed by atoms with E-state index in [0.717, 1.165) is 42.4 Å². The molecule has 1 atom stereocenters. The quantitative estimate of drug-likeness (QED) is 0.837. The van der Waals surface area contributed by atoms with Gasteiger partial charge in [0.25, 0.3) is 5.91 Å². The molecule has 3 heterocycles. The van der Waals surface area contributed by atoms with Crippen molar-refractivity contribution in [2.75, 3.05) is 36.0 Å². The summed E-state index contributed by atoms with van der Waals surface area (Å²) in [6, 6.07) is 8.09. The summed E-state index contributed by atoms with van der Waals surface area (Å²) < 4.78 is 5.81. The van der Waals surface area contributed by atoms with E-state index in [9.17, 15) is 4.79 Å². The Labute approximate surface area is 147 Å². The van der Waals surface area contributed by atoms with Gasteiger partial charge < -0.3 is 14.5 Å². The Morgan fingerprint density at radius 3 is 2.96 bits per heavy atom. The van der Waals surface area contributed by atoms with Crippen molar-refractivity contribution in [1.29, 1.82) is 0 Å². The normalized spacial score (nSPS) is 19.8. The molecule has 6 heteroatoms. The van der Waals surface area contributed by atoms with Gasteiger partial charge in [-0.2, -0.15) is 0 Å². The van der Waals surface area contributed by atoms with Crippen LogP contribution in [0.25, 0.3) is 0 Å². The predicted molar refractivity (Wildman–Crippen MR) is 96.0 cm³/mol. The standard InChI is InChI=1S/C19H22N4O2/c1-13-11-20-14(2)18(21-13)22-9-10-25-17(12-22)19(24)23-8-7-15-5-3-4-6-16(15)23/h3-6,11,17H,7-10,12H2,1-2H3. The molecule has 0 radical (unpaired) electrons. The van der Waals surface area contributed by atoms with Crippen molar-refractivity contribution in [3.05, 3.63) is 47.4 Å². The molecule has 1 saturated heterocycles. The second kappa shape index (κ2) is 6.44. The molecule has 1 aromatic carbocycles. The second-order valence-electron chi connectivity index (χ2n) is 6.59. The molecule has 4 rings (SSSR count). The molecule has 1 amide bonds. The first-order valence-corrected chi connectivity index (χ1v) is 8.69. The van der Waals surface area contributed by atoms with Crippen molar-refractivity contribution in [3.8, 4) is 0 Å². The minimum Gasteiger partial charge on any atom is -0.365 e. The summed E-state index contributed by atoms with van der Waals surface area (Å²) in [4.78, 5) is 26.0. The summed E-state index contributed by atoms with van der Waals surface area (Å²) >= 11 is 0. The van der Waals surface area contributed by atoms with Gasteiger partial charge in [-0.3, -0.25) is 9.78 Å². The third-order valence-corrected chi connectivity index (χ3v) is 4.85. The van der Waals surface area contributed by atoms with Crippen molar-refractivity contribution >= 4 is 17.4 Å². The van der Waals surface area contributed by atoms with Crippen LogP contribution in [-0.2, 0) is 16.0 Å². The van der Waals surface area contributed by atoms with Gasteiger partial charge in [0.05, 0.1) is 24.5 Å². The molecule has 130 valence electrons. The monoisotopic (exact) mass is 338 g/mol. The Balaban J connectivity index is 1.54. The van der Waals surface area contributed by atoms with E-state index >= 15 is 0 Å². The fourth-order valence-corrected chi connectivity index (χ4v) is 3.56. The molecule has 1 aromatic heterocycles. The zero-order chi connectivity index (χ0) is 17.4. The van der Waals surface area contributed by atoms with Crippen LogP contribution in [-0.4, -0.2) is 48.2 Å². The number of morpholine rings is 1. The fourth-order valence-electron chi connectivity index (χ4n) is 3.56. The van der Waals surface area contributed by atoms with Gasteiger partial charge in [0.1, 0.15) is 0 Å². The lowest BCUT2D eigenvalue weighted by Gasteiger charge is -2.35. The third-order valence-electron chi connectivity index (χ3n) is 4.85. The maximum Gasteiger partial charge on any atom is 0.257 e. The minimum absolute atomic E-state index is 0.0351.